The lowest BCUT2D eigenvalue weighted by Crippen LogP contribution is -2.29. The zero-order valence-corrected chi connectivity index (χ0v) is 11.2. The van der Waals surface area contributed by atoms with Crippen LogP contribution in [-0.2, 0) is 19.1 Å². The molecule has 0 fully saturated rings. The predicted octanol–water partition coefficient (Wildman–Crippen LogP) is 1.50. The molecule has 0 atom stereocenters. The first-order chi connectivity index (χ1) is 8.63. The molecule has 18 heavy (non-hydrogen) atoms. The second-order valence-corrected chi connectivity index (χ2v) is 4.34. The van der Waals surface area contributed by atoms with Crippen LogP contribution < -0.4 is 4.74 Å². The lowest BCUT2D eigenvalue weighted by molar-refractivity contribution is -0.150. The lowest BCUT2D eigenvalue weighted by atomic mass is 10.3. The fraction of sp³-hybridized carbons (Fsp3) is 0.333. The van der Waals surface area contributed by atoms with Gasteiger partial charge < -0.3 is 14.2 Å². The van der Waals surface area contributed by atoms with Gasteiger partial charge in [-0.1, -0.05) is 23.9 Å². The summed E-state index contributed by atoms with van der Waals surface area (Å²) in [5, 5.41) is -1.06. The smallest absolute Gasteiger partial charge is 0.330 e. The number of hydrogen-bond donors (Lipinski definition) is 0. The van der Waals surface area contributed by atoms with Crippen molar-refractivity contribution in [3.8, 4) is 5.75 Å². The first-order valence-corrected chi connectivity index (χ1v) is 5.97. The summed E-state index contributed by atoms with van der Waals surface area (Å²) in [5.41, 5.74) is 0. The molecule has 0 heterocycles. The Morgan fingerprint density at radius 1 is 1.06 bits per heavy atom. The maximum absolute atomic E-state index is 11.5. The van der Waals surface area contributed by atoms with Crippen LogP contribution in [0.15, 0.2) is 29.2 Å². The maximum atomic E-state index is 11.5. The van der Waals surface area contributed by atoms with E-state index < -0.39 is 17.2 Å². The van der Waals surface area contributed by atoms with E-state index in [2.05, 4.69) is 9.47 Å². The van der Waals surface area contributed by atoms with E-state index in [1.165, 1.54) is 21.3 Å². The van der Waals surface area contributed by atoms with Gasteiger partial charge in [-0.2, -0.15) is 0 Å². The van der Waals surface area contributed by atoms with Gasteiger partial charge in [0.05, 0.1) is 26.2 Å². The maximum Gasteiger partial charge on any atom is 0.330 e. The fourth-order valence-electron chi connectivity index (χ4n) is 1.25. The highest BCUT2D eigenvalue weighted by Crippen LogP contribution is 2.32. The van der Waals surface area contributed by atoms with E-state index in [0.717, 1.165) is 11.8 Å². The molecule has 0 spiro atoms. The molecule has 1 rings (SSSR count). The molecule has 1 aromatic carbocycles. The normalized spacial score (nSPS) is 10.0. The topological polar surface area (TPSA) is 61.8 Å². The fourth-order valence-corrected chi connectivity index (χ4v) is 2.31. The first kappa shape index (κ1) is 14.4. The highest BCUT2D eigenvalue weighted by Gasteiger charge is 2.30. The molecule has 5 nitrogen and oxygen atoms in total. The van der Waals surface area contributed by atoms with Crippen LogP contribution in [0.25, 0.3) is 0 Å². The van der Waals surface area contributed by atoms with E-state index in [-0.39, 0.29) is 0 Å². The number of carbonyl (C=O) groups is 2. The summed E-state index contributed by atoms with van der Waals surface area (Å²) in [6, 6.07) is 7.08. The predicted molar refractivity (Wildman–Crippen MR) is 66.7 cm³/mol. The molecule has 0 aliphatic rings. The number of ether oxygens (including phenoxy) is 3. The minimum absolute atomic E-state index is 0.584. The Balaban J connectivity index is 2.95. The van der Waals surface area contributed by atoms with Crippen molar-refractivity contribution in [2.24, 2.45) is 0 Å². The SMILES string of the molecule is COC(=O)C(Sc1ccccc1OC)C(=O)OC. The monoisotopic (exact) mass is 270 g/mol. The number of thioether (sulfide) groups is 1. The van der Waals surface area contributed by atoms with Gasteiger partial charge in [0.15, 0.2) is 0 Å². The van der Waals surface area contributed by atoms with Crippen molar-refractivity contribution in [3.05, 3.63) is 24.3 Å². The molecule has 0 unspecified atom stereocenters. The number of rotatable bonds is 5. The molecule has 0 bridgehead atoms. The van der Waals surface area contributed by atoms with E-state index >= 15 is 0 Å². The summed E-state index contributed by atoms with van der Waals surface area (Å²) in [5.74, 6) is -0.726. The zero-order valence-electron chi connectivity index (χ0n) is 10.3. The van der Waals surface area contributed by atoms with Gasteiger partial charge in [-0.3, -0.25) is 9.59 Å². The van der Waals surface area contributed by atoms with Gasteiger partial charge in [-0.15, -0.1) is 0 Å². The summed E-state index contributed by atoms with van der Waals surface area (Å²) >= 11 is 1.03. The van der Waals surface area contributed by atoms with Crippen molar-refractivity contribution in [2.45, 2.75) is 10.1 Å². The Bertz CT molecular complexity index is 416. The summed E-state index contributed by atoms with van der Waals surface area (Å²) in [6.45, 7) is 0. The second kappa shape index (κ2) is 6.90. The molecule has 0 radical (unpaired) electrons. The van der Waals surface area contributed by atoms with Gasteiger partial charge in [-0.05, 0) is 12.1 Å². The quantitative estimate of drug-likeness (QED) is 0.459. The van der Waals surface area contributed by atoms with Crippen LogP contribution in [0.3, 0.4) is 0 Å². The first-order valence-electron chi connectivity index (χ1n) is 5.09. The van der Waals surface area contributed by atoms with Crippen LogP contribution in [-0.4, -0.2) is 38.5 Å². The number of para-hydroxylation sites is 1. The number of methoxy groups -OCH3 is 3. The van der Waals surface area contributed by atoms with E-state index in [9.17, 15) is 9.59 Å². The molecule has 0 aliphatic carbocycles. The second-order valence-electron chi connectivity index (χ2n) is 3.20. The molecule has 1 aromatic rings. The Hall–Kier alpha value is -1.69. The van der Waals surface area contributed by atoms with Crippen molar-refractivity contribution >= 4 is 23.7 Å². The largest absolute Gasteiger partial charge is 0.496 e. The lowest BCUT2D eigenvalue weighted by Gasteiger charge is -2.13. The van der Waals surface area contributed by atoms with Crippen molar-refractivity contribution in [2.75, 3.05) is 21.3 Å². The zero-order chi connectivity index (χ0) is 13.5. The van der Waals surface area contributed by atoms with Crippen LogP contribution in [0.1, 0.15) is 0 Å². The van der Waals surface area contributed by atoms with Gasteiger partial charge in [0.25, 0.3) is 0 Å². The summed E-state index contributed by atoms with van der Waals surface area (Å²) in [6.07, 6.45) is 0. The molecule has 0 aliphatic heterocycles. The number of benzene rings is 1. The van der Waals surface area contributed by atoms with Crippen LogP contribution in [0.4, 0.5) is 0 Å². The third-order valence-electron chi connectivity index (χ3n) is 2.14. The molecule has 0 N–H and O–H groups in total. The molecular formula is C12H14O5S. The standard InChI is InChI=1S/C12H14O5S/c1-15-8-6-4-5-7-9(8)18-10(11(13)16-2)12(14)17-3/h4-7,10H,1-3H3. The number of hydrogen-bond acceptors (Lipinski definition) is 6. The summed E-state index contributed by atoms with van der Waals surface area (Å²) < 4.78 is 14.3. The highest BCUT2D eigenvalue weighted by atomic mass is 32.2. The summed E-state index contributed by atoms with van der Waals surface area (Å²) in [4.78, 5) is 23.7. The minimum atomic E-state index is -1.06. The van der Waals surface area contributed by atoms with E-state index in [1.54, 1.807) is 24.3 Å². The Labute approximate surface area is 109 Å². The molecule has 0 saturated heterocycles. The van der Waals surface area contributed by atoms with E-state index in [4.69, 9.17) is 4.74 Å². The molecule has 0 aromatic heterocycles. The molecule has 98 valence electrons. The number of carbonyl (C=O) groups excluding carboxylic acids is 2. The van der Waals surface area contributed by atoms with Crippen LogP contribution in [0.5, 0.6) is 5.75 Å². The Morgan fingerprint density at radius 3 is 2.11 bits per heavy atom. The van der Waals surface area contributed by atoms with E-state index in [0.29, 0.717) is 10.6 Å². The van der Waals surface area contributed by atoms with Crippen molar-refractivity contribution < 1.29 is 23.8 Å². The van der Waals surface area contributed by atoms with Gasteiger partial charge in [0, 0.05) is 0 Å². The van der Waals surface area contributed by atoms with Gasteiger partial charge >= 0.3 is 11.9 Å². The molecule has 0 amide bonds. The van der Waals surface area contributed by atoms with Gasteiger partial charge in [0.1, 0.15) is 5.75 Å². The van der Waals surface area contributed by atoms with E-state index in [1.807, 2.05) is 0 Å². The highest BCUT2D eigenvalue weighted by molar-refractivity contribution is 8.01. The van der Waals surface area contributed by atoms with Crippen LogP contribution in [0.2, 0.25) is 0 Å². The van der Waals surface area contributed by atoms with Crippen LogP contribution >= 0.6 is 11.8 Å². The third kappa shape index (κ3) is 3.40. The minimum Gasteiger partial charge on any atom is -0.496 e. The summed E-state index contributed by atoms with van der Waals surface area (Å²) in [7, 11) is 3.97. The Kier molecular flexibility index (Phi) is 5.51. The van der Waals surface area contributed by atoms with Crippen LogP contribution in [0, 0.1) is 0 Å². The Morgan fingerprint density at radius 2 is 1.61 bits per heavy atom. The van der Waals surface area contributed by atoms with Gasteiger partial charge in [0.2, 0.25) is 5.25 Å². The molecule has 0 saturated carbocycles. The third-order valence-corrected chi connectivity index (χ3v) is 3.36. The van der Waals surface area contributed by atoms with Gasteiger partial charge in [-0.25, -0.2) is 0 Å². The number of esters is 2. The van der Waals surface area contributed by atoms with Crippen molar-refractivity contribution in [1.29, 1.82) is 0 Å². The average molecular weight is 270 g/mol. The molecule has 6 heteroatoms. The van der Waals surface area contributed by atoms with Crippen molar-refractivity contribution in [1.82, 2.24) is 0 Å². The van der Waals surface area contributed by atoms with Crippen molar-refractivity contribution in [3.63, 3.8) is 0 Å². The average Bonchev–Trinajstić information content (AvgIpc) is 2.43. The molecular weight excluding hydrogens is 256 g/mol.